The fourth-order valence-electron chi connectivity index (χ4n) is 2.72. The van der Waals surface area contributed by atoms with Crippen LogP contribution < -0.4 is 9.62 Å². The van der Waals surface area contributed by atoms with Crippen molar-refractivity contribution < 1.29 is 13.2 Å². The van der Waals surface area contributed by atoms with Crippen molar-refractivity contribution in [1.82, 2.24) is 10.3 Å². The van der Waals surface area contributed by atoms with Gasteiger partial charge in [-0.05, 0) is 55.5 Å². The van der Waals surface area contributed by atoms with Crippen molar-refractivity contribution in [3.8, 4) is 0 Å². The second-order valence-electron chi connectivity index (χ2n) is 6.67. The van der Waals surface area contributed by atoms with Crippen LogP contribution in [-0.4, -0.2) is 38.2 Å². The zero-order valence-corrected chi connectivity index (χ0v) is 19.3. The van der Waals surface area contributed by atoms with Gasteiger partial charge in [0.25, 0.3) is 10.0 Å². The summed E-state index contributed by atoms with van der Waals surface area (Å²) >= 11 is 7.46. The molecule has 0 aliphatic carbocycles. The normalized spacial score (nSPS) is 11.2. The molecule has 1 aromatic heterocycles. The topological polar surface area (TPSA) is 79.4 Å². The van der Waals surface area contributed by atoms with Crippen LogP contribution in [0, 0.1) is 6.92 Å². The summed E-state index contributed by atoms with van der Waals surface area (Å²) in [5, 5.41) is 4.12. The summed E-state index contributed by atoms with van der Waals surface area (Å²) in [4.78, 5) is 16.9. The Morgan fingerprint density at radius 2 is 1.77 bits per heavy atom. The Bertz CT molecular complexity index is 1110. The predicted molar refractivity (Wildman–Crippen MR) is 125 cm³/mol. The van der Waals surface area contributed by atoms with E-state index in [1.54, 1.807) is 42.6 Å². The number of halogens is 1. The Morgan fingerprint density at radius 1 is 1.06 bits per heavy atom. The molecule has 0 bridgehead atoms. The van der Waals surface area contributed by atoms with E-state index in [1.165, 1.54) is 23.9 Å². The summed E-state index contributed by atoms with van der Waals surface area (Å²) in [5.74, 6) is 0.223. The molecular weight excluding hydrogens is 454 g/mol. The number of sulfonamides is 1. The number of carbonyl (C=O) groups is 1. The standard InChI is InChI=1S/C22H22ClN3O3S2/c1-17-5-11-20(12-6-17)31(28,29)26(19-9-7-18(23)8-10-19)16-21(27)24-14-15-30-22-4-2-3-13-25-22/h2-13H,14-16H2,1H3,(H,24,27). The number of nitrogens with zero attached hydrogens (tertiary/aromatic N) is 2. The largest absolute Gasteiger partial charge is 0.354 e. The fraction of sp³-hybridized carbons (Fsp3) is 0.182. The quantitative estimate of drug-likeness (QED) is 0.371. The number of carbonyl (C=O) groups excluding carboxylic acids is 1. The fourth-order valence-corrected chi connectivity index (χ4v) is 5.00. The van der Waals surface area contributed by atoms with Gasteiger partial charge >= 0.3 is 0 Å². The number of benzene rings is 2. The number of amides is 1. The van der Waals surface area contributed by atoms with Crippen molar-refractivity contribution >= 4 is 45.0 Å². The third-order valence-electron chi connectivity index (χ3n) is 4.32. The summed E-state index contributed by atoms with van der Waals surface area (Å²) in [6, 6.07) is 18.5. The molecule has 162 valence electrons. The molecule has 3 rings (SSSR count). The lowest BCUT2D eigenvalue weighted by atomic mass is 10.2. The van der Waals surface area contributed by atoms with Gasteiger partial charge in [-0.15, -0.1) is 11.8 Å². The second-order valence-corrected chi connectivity index (χ2v) is 10.1. The maximum atomic E-state index is 13.3. The molecule has 0 fully saturated rings. The van der Waals surface area contributed by atoms with Gasteiger partial charge in [0.15, 0.2) is 0 Å². The second kappa shape index (κ2) is 10.7. The van der Waals surface area contributed by atoms with E-state index in [1.807, 2.05) is 25.1 Å². The van der Waals surface area contributed by atoms with Crippen LogP contribution >= 0.6 is 23.4 Å². The minimum Gasteiger partial charge on any atom is -0.354 e. The highest BCUT2D eigenvalue weighted by Gasteiger charge is 2.27. The van der Waals surface area contributed by atoms with Crippen LogP contribution in [0.1, 0.15) is 5.56 Å². The van der Waals surface area contributed by atoms with Crippen LogP contribution in [0.4, 0.5) is 5.69 Å². The summed E-state index contributed by atoms with van der Waals surface area (Å²) in [5.41, 5.74) is 1.31. The van der Waals surface area contributed by atoms with Gasteiger partial charge in [-0.2, -0.15) is 0 Å². The average Bonchev–Trinajstić information content (AvgIpc) is 2.77. The average molecular weight is 476 g/mol. The van der Waals surface area contributed by atoms with Crippen molar-refractivity contribution in [3.05, 3.63) is 83.5 Å². The predicted octanol–water partition coefficient (Wildman–Crippen LogP) is 4.15. The number of pyridine rings is 1. The Hall–Kier alpha value is -2.55. The van der Waals surface area contributed by atoms with E-state index >= 15 is 0 Å². The number of aromatic nitrogens is 1. The van der Waals surface area contributed by atoms with Crippen molar-refractivity contribution in [3.63, 3.8) is 0 Å². The third-order valence-corrected chi connectivity index (χ3v) is 7.31. The molecule has 0 aliphatic rings. The molecule has 1 amide bonds. The molecule has 1 heterocycles. The third kappa shape index (κ3) is 6.46. The van der Waals surface area contributed by atoms with Gasteiger partial charge in [-0.25, -0.2) is 13.4 Å². The van der Waals surface area contributed by atoms with E-state index in [-0.39, 0.29) is 11.4 Å². The van der Waals surface area contributed by atoms with E-state index in [9.17, 15) is 13.2 Å². The summed E-state index contributed by atoms with van der Waals surface area (Å²) in [7, 11) is -3.94. The number of hydrogen-bond donors (Lipinski definition) is 1. The Labute approximate surface area is 191 Å². The molecule has 0 saturated carbocycles. The summed E-state index contributed by atoms with van der Waals surface area (Å²) in [6.07, 6.45) is 1.71. The van der Waals surface area contributed by atoms with Gasteiger partial charge in [0.2, 0.25) is 5.91 Å². The zero-order chi connectivity index (χ0) is 22.3. The minimum atomic E-state index is -3.94. The molecule has 6 nitrogen and oxygen atoms in total. The first kappa shape index (κ1) is 23.1. The zero-order valence-electron chi connectivity index (χ0n) is 16.9. The first-order valence-electron chi connectivity index (χ1n) is 9.52. The Balaban J connectivity index is 1.71. The van der Waals surface area contributed by atoms with Crippen LogP contribution in [0.25, 0.3) is 0 Å². The van der Waals surface area contributed by atoms with Gasteiger partial charge in [0.1, 0.15) is 6.54 Å². The van der Waals surface area contributed by atoms with E-state index in [0.717, 1.165) is 14.9 Å². The molecule has 0 radical (unpaired) electrons. The minimum absolute atomic E-state index is 0.117. The Kier molecular flexibility index (Phi) is 7.95. The van der Waals surface area contributed by atoms with Crippen LogP contribution in [0.2, 0.25) is 5.02 Å². The van der Waals surface area contributed by atoms with E-state index in [2.05, 4.69) is 10.3 Å². The first-order valence-corrected chi connectivity index (χ1v) is 12.3. The number of hydrogen-bond acceptors (Lipinski definition) is 5. The molecule has 0 spiro atoms. The van der Waals surface area contributed by atoms with Gasteiger partial charge in [-0.3, -0.25) is 9.10 Å². The molecule has 2 aromatic carbocycles. The number of nitrogens with one attached hydrogen (secondary N) is 1. The molecule has 9 heteroatoms. The lowest BCUT2D eigenvalue weighted by molar-refractivity contribution is -0.119. The monoisotopic (exact) mass is 475 g/mol. The number of thioether (sulfide) groups is 1. The SMILES string of the molecule is Cc1ccc(S(=O)(=O)N(CC(=O)NCCSc2ccccn2)c2ccc(Cl)cc2)cc1. The lowest BCUT2D eigenvalue weighted by Crippen LogP contribution is -2.41. The molecular formula is C22H22ClN3O3S2. The maximum absolute atomic E-state index is 13.3. The van der Waals surface area contributed by atoms with E-state index < -0.39 is 15.9 Å². The molecule has 0 atom stereocenters. The van der Waals surface area contributed by atoms with Gasteiger partial charge < -0.3 is 5.32 Å². The van der Waals surface area contributed by atoms with Crippen LogP contribution in [0.15, 0.2) is 82.8 Å². The highest BCUT2D eigenvalue weighted by Crippen LogP contribution is 2.25. The Morgan fingerprint density at radius 3 is 2.42 bits per heavy atom. The maximum Gasteiger partial charge on any atom is 0.264 e. The van der Waals surface area contributed by atoms with Crippen molar-refractivity contribution in [2.75, 3.05) is 23.1 Å². The van der Waals surface area contributed by atoms with Gasteiger partial charge in [0, 0.05) is 23.5 Å². The summed E-state index contributed by atoms with van der Waals surface area (Å²) in [6.45, 7) is 1.93. The van der Waals surface area contributed by atoms with Crippen molar-refractivity contribution in [2.45, 2.75) is 16.8 Å². The molecule has 1 N–H and O–H groups in total. The lowest BCUT2D eigenvalue weighted by Gasteiger charge is -2.24. The van der Waals surface area contributed by atoms with Crippen LogP contribution in [0.3, 0.4) is 0 Å². The van der Waals surface area contributed by atoms with Gasteiger partial charge in [0.05, 0.1) is 15.6 Å². The molecule has 31 heavy (non-hydrogen) atoms. The highest BCUT2D eigenvalue weighted by molar-refractivity contribution is 7.99. The number of rotatable bonds is 9. The van der Waals surface area contributed by atoms with E-state index in [4.69, 9.17) is 11.6 Å². The number of aryl methyl sites for hydroxylation is 1. The van der Waals surface area contributed by atoms with Gasteiger partial charge in [-0.1, -0.05) is 35.4 Å². The van der Waals surface area contributed by atoms with E-state index in [0.29, 0.717) is 23.0 Å². The first-order chi connectivity index (χ1) is 14.9. The molecule has 0 saturated heterocycles. The molecule has 0 aliphatic heterocycles. The molecule has 3 aromatic rings. The number of anilines is 1. The highest BCUT2D eigenvalue weighted by atomic mass is 35.5. The summed E-state index contributed by atoms with van der Waals surface area (Å²) < 4.78 is 27.7. The molecule has 0 unspecified atom stereocenters. The smallest absolute Gasteiger partial charge is 0.264 e. The van der Waals surface area contributed by atoms with Crippen molar-refractivity contribution in [1.29, 1.82) is 0 Å². The van der Waals surface area contributed by atoms with Crippen LogP contribution in [-0.2, 0) is 14.8 Å². The van der Waals surface area contributed by atoms with Crippen LogP contribution in [0.5, 0.6) is 0 Å². The van der Waals surface area contributed by atoms with Crippen molar-refractivity contribution in [2.24, 2.45) is 0 Å².